The van der Waals surface area contributed by atoms with Gasteiger partial charge < -0.3 is 24.2 Å². The molecule has 2 aliphatic rings. The highest BCUT2D eigenvalue weighted by Gasteiger charge is 2.36. The van der Waals surface area contributed by atoms with Crippen molar-refractivity contribution in [3.63, 3.8) is 0 Å². The van der Waals surface area contributed by atoms with E-state index < -0.39 is 17.7 Å². The van der Waals surface area contributed by atoms with Gasteiger partial charge in [-0.25, -0.2) is 4.79 Å². The highest BCUT2D eigenvalue weighted by atomic mass is 16.5. The second-order valence-corrected chi connectivity index (χ2v) is 12.4. The summed E-state index contributed by atoms with van der Waals surface area (Å²) in [6.45, 7) is 15.9. The first-order valence-electron chi connectivity index (χ1n) is 13.8. The number of ether oxygens (including phenoxy) is 3. The summed E-state index contributed by atoms with van der Waals surface area (Å²) in [5, 5.41) is 10.3. The number of pyridine rings is 2. The Morgan fingerprint density at radius 1 is 1.16 bits per heavy atom. The fraction of sp³-hybridized carbons (Fsp3) is 0.633. The molecule has 8 nitrogen and oxygen atoms in total. The highest BCUT2D eigenvalue weighted by molar-refractivity contribution is 5.85. The first-order chi connectivity index (χ1) is 17.9. The predicted molar refractivity (Wildman–Crippen MR) is 148 cm³/mol. The minimum Gasteiger partial charge on any atom is -0.492 e. The molecule has 0 bridgehead atoms. The van der Waals surface area contributed by atoms with Gasteiger partial charge in [0.25, 0.3) is 0 Å². The summed E-state index contributed by atoms with van der Waals surface area (Å²) in [7, 11) is 0. The zero-order valence-corrected chi connectivity index (χ0v) is 23.7. The number of nitrogens with zero attached hydrogens (tertiary/aromatic N) is 3. The van der Waals surface area contributed by atoms with E-state index in [2.05, 4.69) is 23.7 Å². The zero-order valence-electron chi connectivity index (χ0n) is 23.7. The lowest BCUT2D eigenvalue weighted by Gasteiger charge is -2.40. The number of aliphatic carboxylic acids is 1. The molecule has 0 radical (unpaired) electrons. The summed E-state index contributed by atoms with van der Waals surface area (Å²) < 4.78 is 17.6. The molecule has 208 valence electrons. The average Bonchev–Trinajstić information content (AvgIpc) is 2.86. The molecule has 2 saturated heterocycles. The summed E-state index contributed by atoms with van der Waals surface area (Å²) in [6, 6.07) is 3.87. The average molecular weight is 526 g/mol. The first kappa shape index (κ1) is 28.3. The largest absolute Gasteiger partial charge is 0.492 e. The third-order valence-electron chi connectivity index (χ3n) is 7.52. The van der Waals surface area contributed by atoms with Crippen molar-refractivity contribution in [1.82, 2.24) is 9.97 Å². The molecule has 0 aromatic carbocycles. The Balaban J connectivity index is 1.71. The van der Waals surface area contributed by atoms with Crippen molar-refractivity contribution in [3.05, 3.63) is 35.8 Å². The van der Waals surface area contributed by atoms with Crippen LogP contribution < -0.4 is 9.64 Å². The molecule has 4 heterocycles. The van der Waals surface area contributed by atoms with Crippen molar-refractivity contribution in [2.75, 3.05) is 37.8 Å². The molecular formula is C30H43N3O5. The van der Waals surface area contributed by atoms with Crippen molar-refractivity contribution in [3.8, 4) is 17.0 Å². The van der Waals surface area contributed by atoms with E-state index >= 15 is 0 Å². The molecule has 0 amide bonds. The Labute approximate surface area is 226 Å². The van der Waals surface area contributed by atoms with Gasteiger partial charge in [0.2, 0.25) is 0 Å². The Kier molecular flexibility index (Phi) is 8.62. The molecule has 2 aliphatic heterocycles. The predicted octanol–water partition coefficient (Wildman–Crippen LogP) is 5.82. The topological polar surface area (TPSA) is 94.0 Å². The lowest BCUT2D eigenvalue weighted by molar-refractivity contribution is -0.160. The third kappa shape index (κ3) is 7.03. The van der Waals surface area contributed by atoms with Crippen LogP contribution in [0.1, 0.15) is 77.7 Å². The van der Waals surface area contributed by atoms with Crippen LogP contribution in [0.2, 0.25) is 0 Å². The van der Waals surface area contributed by atoms with E-state index in [0.29, 0.717) is 23.8 Å². The standard InChI is InChI=1S/C30H43N3O5/c1-20-25(27(28(34)35)38-29(2,3)4)26(33-13-11-30(5,6)12-14-33)23(18-31-20)24-8-7-22(17-32-24)37-19-21-9-15-36-16-10-21/h7-8,17-18,21,27H,9-16,19H2,1-6H3,(H,34,35)/t27-/m0/s1. The van der Waals surface area contributed by atoms with Crippen molar-refractivity contribution in [1.29, 1.82) is 0 Å². The summed E-state index contributed by atoms with van der Waals surface area (Å²) in [5.74, 6) is 0.199. The third-order valence-corrected chi connectivity index (χ3v) is 7.52. The monoisotopic (exact) mass is 525 g/mol. The maximum absolute atomic E-state index is 12.6. The van der Waals surface area contributed by atoms with E-state index in [9.17, 15) is 9.90 Å². The highest BCUT2D eigenvalue weighted by Crippen LogP contribution is 2.43. The second kappa shape index (κ2) is 11.6. The van der Waals surface area contributed by atoms with Crippen LogP contribution in [0.3, 0.4) is 0 Å². The Bertz CT molecular complexity index is 1090. The minimum atomic E-state index is -1.14. The SMILES string of the molecule is Cc1ncc(-c2ccc(OCC3CCOCC3)cn2)c(N2CCC(C)(C)CC2)c1[C@H](OC(C)(C)C)C(=O)O. The van der Waals surface area contributed by atoms with E-state index in [0.717, 1.165) is 74.7 Å². The number of aryl methyl sites for hydroxylation is 1. The number of piperidine rings is 1. The number of hydrogen-bond acceptors (Lipinski definition) is 7. The molecule has 0 unspecified atom stereocenters. The number of carboxylic acid groups (broad SMARTS) is 1. The number of hydrogen-bond donors (Lipinski definition) is 1. The normalized spacial score (nSPS) is 19.3. The van der Waals surface area contributed by atoms with Crippen molar-refractivity contribution < 1.29 is 24.1 Å². The molecule has 8 heteroatoms. The van der Waals surface area contributed by atoms with Crippen LogP contribution in [0.4, 0.5) is 5.69 Å². The molecule has 38 heavy (non-hydrogen) atoms. The Hall–Kier alpha value is -2.71. The van der Waals surface area contributed by atoms with Gasteiger partial charge in [0.15, 0.2) is 6.10 Å². The van der Waals surface area contributed by atoms with Crippen LogP contribution in [0.5, 0.6) is 5.75 Å². The molecule has 0 spiro atoms. The molecule has 0 saturated carbocycles. The van der Waals surface area contributed by atoms with Crippen LogP contribution in [-0.4, -0.2) is 59.6 Å². The number of carboxylic acids is 1. The van der Waals surface area contributed by atoms with Gasteiger partial charge in [0, 0.05) is 49.3 Å². The number of aromatic nitrogens is 2. The van der Waals surface area contributed by atoms with Gasteiger partial charge >= 0.3 is 5.97 Å². The molecule has 4 rings (SSSR count). The van der Waals surface area contributed by atoms with Crippen LogP contribution in [-0.2, 0) is 14.3 Å². The minimum absolute atomic E-state index is 0.245. The van der Waals surface area contributed by atoms with Gasteiger partial charge in [-0.1, -0.05) is 13.8 Å². The summed E-state index contributed by atoms with van der Waals surface area (Å²) in [6.07, 6.45) is 6.47. The lowest BCUT2D eigenvalue weighted by atomic mass is 9.82. The number of rotatable bonds is 8. The Morgan fingerprint density at radius 2 is 1.84 bits per heavy atom. The molecule has 1 atom stereocenters. The van der Waals surface area contributed by atoms with Gasteiger partial charge in [0.05, 0.1) is 29.8 Å². The van der Waals surface area contributed by atoms with Gasteiger partial charge in [-0.05, 0) is 76.8 Å². The van der Waals surface area contributed by atoms with Crippen LogP contribution in [0.15, 0.2) is 24.5 Å². The molecule has 2 aromatic heterocycles. The quantitative estimate of drug-likeness (QED) is 0.460. The van der Waals surface area contributed by atoms with E-state index in [1.54, 1.807) is 6.20 Å². The van der Waals surface area contributed by atoms with Gasteiger partial charge in [0.1, 0.15) is 5.75 Å². The summed E-state index contributed by atoms with van der Waals surface area (Å²) in [5.41, 5.74) is 3.26. The van der Waals surface area contributed by atoms with Crippen molar-refractivity contribution in [2.45, 2.75) is 78.9 Å². The molecule has 1 N–H and O–H groups in total. The zero-order chi connectivity index (χ0) is 27.5. The fourth-order valence-electron chi connectivity index (χ4n) is 5.12. The van der Waals surface area contributed by atoms with E-state index in [-0.39, 0.29) is 5.41 Å². The van der Waals surface area contributed by atoms with Crippen LogP contribution in [0, 0.1) is 18.3 Å². The van der Waals surface area contributed by atoms with Crippen LogP contribution >= 0.6 is 0 Å². The van der Waals surface area contributed by atoms with Gasteiger partial charge in [-0.2, -0.15) is 0 Å². The lowest BCUT2D eigenvalue weighted by Crippen LogP contribution is -2.39. The van der Waals surface area contributed by atoms with E-state index in [1.807, 2.05) is 46.0 Å². The van der Waals surface area contributed by atoms with Crippen molar-refractivity contribution >= 4 is 11.7 Å². The van der Waals surface area contributed by atoms with E-state index in [1.165, 1.54) is 0 Å². The maximum atomic E-state index is 12.6. The summed E-state index contributed by atoms with van der Waals surface area (Å²) in [4.78, 5) is 24.2. The Morgan fingerprint density at radius 3 is 2.42 bits per heavy atom. The molecule has 2 fully saturated rings. The second-order valence-electron chi connectivity index (χ2n) is 12.4. The number of carbonyl (C=O) groups is 1. The maximum Gasteiger partial charge on any atom is 0.337 e. The van der Waals surface area contributed by atoms with Gasteiger partial charge in [-0.3, -0.25) is 9.97 Å². The molecule has 0 aliphatic carbocycles. The van der Waals surface area contributed by atoms with Gasteiger partial charge in [-0.15, -0.1) is 0 Å². The van der Waals surface area contributed by atoms with E-state index in [4.69, 9.17) is 19.2 Å². The van der Waals surface area contributed by atoms with Crippen molar-refractivity contribution in [2.24, 2.45) is 11.3 Å². The molecular weight excluding hydrogens is 482 g/mol. The smallest absolute Gasteiger partial charge is 0.337 e. The molecule has 2 aromatic rings. The summed E-state index contributed by atoms with van der Waals surface area (Å²) >= 11 is 0. The number of anilines is 1. The fourth-order valence-corrected chi connectivity index (χ4v) is 5.12. The first-order valence-corrected chi connectivity index (χ1v) is 13.8. The van der Waals surface area contributed by atoms with Crippen LogP contribution in [0.25, 0.3) is 11.3 Å².